The van der Waals surface area contributed by atoms with Crippen LogP contribution < -0.4 is 15.6 Å². The lowest BCUT2D eigenvalue weighted by Gasteiger charge is -2.14. The molecule has 0 unspecified atom stereocenters. The highest BCUT2D eigenvalue weighted by atomic mass is 35.5. The fourth-order valence-electron chi connectivity index (χ4n) is 2.18. The molecule has 7 heteroatoms. The van der Waals surface area contributed by atoms with Crippen LogP contribution in [0.25, 0.3) is 0 Å². The average Bonchev–Trinajstić information content (AvgIpc) is 2.60. The van der Waals surface area contributed by atoms with Gasteiger partial charge in [0.15, 0.2) is 5.75 Å². The largest absolute Gasteiger partial charge is 0.487 e. The Bertz CT molecular complexity index is 761. The summed E-state index contributed by atoms with van der Waals surface area (Å²) >= 11 is 6.16. The van der Waals surface area contributed by atoms with Crippen molar-refractivity contribution in [1.82, 2.24) is 4.57 Å². The van der Waals surface area contributed by atoms with Crippen molar-refractivity contribution in [2.45, 2.75) is 19.9 Å². The van der Waals surface area contributed by atoms with Gasteiger partial charge in [-0.1, -0.05) is 23.7 Å². The van der Waals surface area contributed by atoms with Gasteiger partial charge in [0.05, 0.1) is 17.3 Å². The van der Waals surface area contributed by atoms with E-state index in [2.05, 4.69) is 5.32 Å². The predicted molar refractivity (Wildman–Crippen MR) is 97.4 cm³/mol. The van der Waals surface area contributed by atoms with E-state index in [4.69, 9.17) is 21.1 Å². The first-order chi connectivity index (χ1) is 12.1. The molecule has 0 fully saturated rings. The van der Waals surface area contributed by atoms with E-state index in [1.165, 1.54) is 10.6 Å². The van der Waals surface area contributed by atoms with Crippen molar-refractivity contribution >= 4 is 23.2 Å². The number of hydrogen-bond acceptors (Lipinski definition) is 4. The van der Waals surface area contributed by atoms with E-state index in [1.807, 2.05) is 6.92 Å². The van der Waals surface area contributed by atoms with Crippen LogP contribution in [0.1, 0.15) is 13.3 Å². The maximum absolute atomic E-state index is 12.2. The second-order valence-electron chi connectivity index (χ2n) is 5.19. The average molecular weight is 365 g/mol. The Labute approximate surface area is 151 Å². The third-order valence-electron chi connectivity index (χ3n) is 3.40. The summed E-state index contributed by atoms with van der Waals surface area (Å²) in [6.07, 6.45) is 1.81. The van der Waals surface area contributed by atoms with E-state index < -0.39 is 0 Å². The molecule has 1 heterocycles. The number of pyridine rings is 1. The van der Waals surface area contributed by atoms with Crippen LogP contribution >= 0.6 is 11.6 Å². The van der Waals surface area contributed by atoms with Gasteiger partial charge in [0.1, 0.15) is 6.61 Å². The van der Waals surface area contributed by atoms with Gasteiger partial charge in [0.2, 0.25) is 5.91 Å². The van der Waals surface area contributed by atoms with E-state index >= 15 is 0 Å². The number of rotatable bonds is 9. The number of para-hydroxylation sites is 1. The lowest BCUT2D eigenvalue weighted by atomic mass is 10.2. The van der Waals surface area contributed by atoms with Crippen molar-refractivity contribution < 1.29 is 14.3 Å². The van der Waals surface area contributed by atoms with Crippen molar-refractivity contribution in [2.75, 3.05) is 25.1 Å². The molecule has 2 aromatic rings. The number of anilines is 1. The highest BCUT2D eigenvalue weighted by Crippen LogP contribution is 2.32. The highest BCUT2D eigenvalue weighted by molar-refractivity contribution is 6.32. The van der Waals surface area contributed by atoms with E-state index in [9.17, 15) is 9.59 Å². The molecular formula is C18H21ClN2O4. The van der Waals surface area contributed by atoms with Crippen molar-refractivity contribution in [2.24, 2.45) is 0 Å². The van der Waals surface area contributed by atoms with Gasteiger partial charge in [-0.15, -0.1) is 0 Å². The van der Waals surface area contributed by atoms with Crippen LogP contribution in [0.3, 0.4) is 0 Å². The lowest BCUT2D eigenvalue weighted by Crippen LogP contribution is -2.22. The monoisotopic (exact) mass is 364 g/mol. The van der Waals surface area contributed by atoms with Crippen molar-refractivity contribution in [1.29, 1.82) is 0 Å². The number of amides is 1. The Hall–Kier alpha value is -2.31. The number of carbonyl (C=O) groups is 1. The summed E-state index contributed by atoms with van der Waals surface area (Å²) in [6, 6.07) is 10.0. The fourth-order valence-corrected chi connectivity index (χ4v) is 2.41. The molecule has 1 amide bonds. The van der Waals surface area contributed by atoms with Crippen molar-refractivity contribution in [3.8, 4) is 5.75 Å². The molecule has 0 atom stereocenters. The number of aromatic nitrogens is 1. The number of benzene rings is 1. The van der Waals surface area contributed by atoms with Gasteiger partial charge in [0.25, 0.3) is 5.56 Å². The molecule has 25 heavy (non-hydrogen) atoms. The molecule has 2 rings (SSSR count). The van der Waals surface area contributed by atoms with Crippen LogP contribution in [0.5, 0.6) is 5.75 Å². The van der Waals surface area contributed by atoms with Gasteiger partial charge in [-0.2, -0.15) is 0 Å². The van der Waals surface area contributed by atoms with Gasteiger partial charge in [-0.25, -0.2) is 0 Å². The first kappa shape index (κ1) is 19.0. The summed E-state index contributed by atoms with van der Waals surface area (Å²) in [5.74, 6) is 0.182. The van der Waals surface area contributed by atoms with E-state index in [0.29, 0.717) is 42.8 Å². The maximum Gasteiger partial charge on any atom is 0.250 e. The van der Waals surface area contributed by atoms with E-state index in [-0.39, 0.29) is 17.9 Å². The Kier molecular flexibility index (Phi) is 7.50. The topological polar surface area (TPSA) is 69.6 Å². The fraction of sp³-hybridized carbons (Fsp3) is 0.333. The molecule has 0 spiro atoms. The molecule has 0 aliphatic heterocycles. The Morgan fingerprint density at radius 2 is 2.04 bits per heavy atom. The molecule has 134 valence electrons. The van der Waals surface area contributed by atoms with Crippen LogP contribution in [0, 0.1) is 0 Å². The zero-order chi connectivity index (χ0) is 18.1. The Balaban J connectivity index is 1.96. The zero-order valence-corrected chi connectivity index (χ0v) is 14.8. The first-order valence-corrected chi connectivity index (χ1v) is 8.44. The number of carbonyl (C=O) groups excluding carboxylic acids is 1. The minimum Gasteiger partial charge on any atom is -0.487 e. The van der Waals surface area contributed by atoms with Gasteiger partial charge in [-0.3, -0.25) is 9.59 Å². The highest BCUT2D eigenvalue weighted by Gasteiger charge is 2.12. The molecular weight excluding hydrogens is 344 g/mol. The second kappa shape index (κ2) is 9.86. The summed E-state index contributed by atoms with van der Waals surface area (Å²) < 4.78 is 12.3. The van der Waals surface area contributed by atoms with Crippen molar-refractivity contribution in [3.05, 3.63) is 58.0 Å². The minimum atomic E-state index is -0.229. The molecule has 0 saturated heterocycles. The number of nitrogens with one attached hydrogen (secondary N) is 1. The van der Waals surface area contributed by atoms with Crippen LogP contribution in [-0.4, -0.2) is 30.3 Å². The Morgan fingerprint density at radius 3 is 2.80 bits per heavy atom. The molecule has 0 saturated carbocycles. The molecule has 0 radical (unpaired) electrons. The smallest absolute Gasteiger partial charge is 0.250 e. The first-order valence-electron chi connectivity index (χ1n) is 8.06. The molecule has 0 bridgehead atoms. The zero-order valence-electron chi connectivity index (χ0n) is 14.0. The molecule has 1 aromatic carbocycles. The third-order valence-corrected chi connectivity index (χ3v) is 3.70. The molecule has 6 nitrogen and oxygen atoms in total. The van der Waals surface area contributed by atoms with Gasteiger partial charge >= 0.3 is 0 Å². The molecule has 1 aromatic heterocycles. The SMILES string of the molecule is CCOCCOc1c(Cl)cccc1NC(=O)CCn1ccccc1=O. The number of halogens is 1. The van der Waals surface area contributed by atoms with E-state index in [0.717, 1.165) is 0 Å². The molecule has 1 N–H and O–H groups in total. The second-order valence-corrected chi connectivity index (χ2v) is 5.60. The summed E-state index contributed by atoms with van der Waals surface area (Å²) in [7, 11) is 0. The van der Waals surface area contributed by atoms with E-state index in [1.54, 1.807) is 36.5 Å². The standard InChI is InChI=1S/C18H21ClN2O4/c1-2-24-12-13-25-18-14(19)6-5-7-15(18)20-16(22)9-11-21-10-4-3-8-17(21)23/h3-8,10H,2,9,11-13H2,1H3,(H,20,22). The van der Waals surface area contributed by atoms with Crippen LogP contribution in [0.15, 0.2) is 47.4 Å². The van der Waals surface area contributed by atoms with Crippen LogP contribution in [-0.2, 0) is 16.1 Å². The normalized spacial score (nSPS) is 10.5. The maximum atomic E-state index is 12.2. The Morgan fingerprint density at radius 1 is 1.20 bits per heavy atom. The quantitative estimate of drug-likeness (QED) is 0.694. The van der Waals surface area contributed by atoms with Gasteiger partial charge < -0.3 is 19.4 Å². The summed E-state index contributed by atoms with van der Waals surface area (Å²) in [5.41, 5.74) is 0.354. The number of aryl methyl sites for hydroxylation is 1. The van der Waals surface area contributed by atoms with Gasteiger partial charge in [-0.05, 0) is 25.1 Å². The minimum absolute atomic E-state index is 0.141. The van der Waals surface area contributed by atoms with Crippen LogP contribution in [0.2, 0.25) is 5.02 Å². The lowest BCUT2D eigenvalue weighted by molar-refractivity contribution is -0.116. The van der Waals surface area contributed by atoms with Gasteiger partial charge in [0, 0.05) is 31.8 Å². The molecule has 0 aliphatic rings. The number of nitrogens with zero attached hydrogens (tertiary/aromatic N) is 1. The molecule has 0 aliphatic carbocycles. The number of ether oxygens (including phenoxy) is 2. The summed E-state index contributed by atoms with van der Waals surface area (Å²) in [5, 5.41) is 3.19. The third kappa shape index (κ3) is 5.92. The van der Waals surface area contributed by atoms with Crippen molar-refractivity contribution in [3.63, 3.8) is 0 Å². The summed E-state index contributed by atoms with van der Waals surface area (Å²) in [6.45, 7) is 3.58. The number of hydrogen-bond donors (Lipinski definition) is 1. The van der Waals surface area contributed by atoms with Crippen LogP contribution in [0.4, 0.5) is 5.69 Å². The predicted octanol–water partition coefficient (Wildman–Crippen LogP) is 2.95. The summed E-state index contributed by atoms with van der Waals surface area (Å²) in [4.78, 5) is 23.8.